The molecule has 110 valence electrons. The van der Waals surface area contributed by atoms with Crippen molar-refractivity contribution in [3.63, 3.8) is 0 Å². The van der Waals surface area contributed by atoms with Crippen LogP contribution in [0.1, 0.15) is 11.5 Å². The van der Waals surface area contributed by atoms with Crippen LogP contribution in [-0.2, 0) is 11.3 Å². The lowest BCUT2D eigenvalue weighted by atomic mass is 10.3. The second kappa shape index (κ2) is 6.17. The third-order valence-electron chi connectivity index (χ3n) is 3.22. The van der Waals surface area contributed by atoms with E-state index in [4.69, 9.17) is 0 Å². The maximum atomic E-state index is 12.0. The summed E-state index contributed by atoms with van der Waals surface area (Å²) in [5.74, 6) is 0.587. The zero-order chi connectivity index (χ0) is 15.4. The topological polar surface area (TPSA) is 72.2 Å². The highest BCUT2D eigenvalue weighted by atomic mass is 16.2. The van der Waals surface area contributed by atoms with Gasteiger partial charge in [-0.25, -0.2) is 10.4 Å². The van der Waals surface area contributed by atoms with Gasteiger partial charge in [0.25, 0.3) is 5.91 Å². The van der Waals surface area contributed by atoms with Crippen LogP contribution in [0, 0.1) is 6.92 Å². The van der Waals surface area contributed by atoms with Crippen molar-refractivity contribution in [1.82, 2.24) is 20.0 Å². The minimum Gasteiger partial charge on any atom is -0.319 e. The van der Waals surface area contributed by atoms with E-state index in [1.807, 2.05) is 54.0 Å². The Balaban J connectivity index is 1.69. The molecule has 6 heteroatoms. The first-order valence-corrected chi connectivity index (χ1v) is 6.89. The Bertz CT molecular complexity index is 823. The van der Waals surface area contributed by atoms with Crippen molar-refractivity contribution in [1.29, 1.82) is 0 Å². The van der Waals surface area contributed by atoms with Gasteiger partial charge in [-0.15, -0.1) is 0 Å². The fourth-order valence-corrected chi connectivity index (χ4v) is 2.20. The molecule has 0 atom stereocenters. The minimum absolute atomic E-state index is 0.173. The van der Waals surface area contributed by atoms with Crippen molar-refractivity contribution in [3.05, 3.63) is 60.2 Å². The van der Waals surface area contributed by atoms with Crippen LogP contribution in [0.5, 0.6) is 0 Å². The van der Waals surface area contributed by atoms with Gasteiger partial charge in [-0.1, -0.05) is 18.2 Å². The number of hydrazone groups is 1. The summed E-state index contributed by atoms with van der Waals surface area (Å²) in [5, 5.41) is 3.91. The molecule has 1 amide bonds. The summed E-state index contributed by atoms with van der Waals surface area (Å²) in [6, 6.07) is 13.2. The third-order valence-corrected chi connectivity index (χ3v) is 3.22. The first kappa shape index (κ1) is 13.9. The highest BCUT2D eigenvalue weighted by Gasteiger charge is 2.09. The number of benzene rings is 1. The molecule has 6 nitrogen and oxygen atoms in total. The summed E-state index contributed by atoms with van der Waals surface area (Å²) in [4.78, 5) is 20.5. The molecule has 0 fully saturated rings. The first-order chi connectivity index (χ1) is 10.7. The normalized spacial score (nSPS) is 11.1. The smallest absolute Gasteiger partial charge is 0.260 e. The van der Waals surface area contributed by atoms with E-state index in [0.717, 1.165) is 16.9 Å². The molecular weight excluding hydrogens is 278 g/mol. The molecule has 0 unspecified atom stereocenters. The lowest BCUT2D eigenvalue weighted by Gasteiger charge is -2.05. The van der Waals surface area contributed by atoms with E-state index in [1.54, 1.807) is 6.20 Å². The van der Waals surface area contributed by atoms with E-state index >= 15 is 0 Å². The standard InChI is InChI=1S/C16H15N5O/c1-12-19-14-7-2-3-8-15(14)21(12)11-16(22)20-18-10-13-6-4-5-9-17-13/h2-10H,11H2,1H3,(H,20,22)/b18-10-. The Morgan fingerprint density at radius 2 is 2.09 bits per heavy atom. The highest BCUT2D eigenvalue weighted by molar-refractivity contribution is 5.82. The van der Waals surface area contributed by atoms with Crippen molar-refractivity contribution in [2.75, 3.05) is 0 Å². The molecule has 0 radical (unpaired) electrons. The van der Waals surface area contributed by atoms with E-state index in [9.17, 15) is 4.79 Å². The summed E-state index contributed by atoms with van der Waals surface area (Å²) >= 11 is 0. The first-order valence-electron chi connectivity index (χ1n) is 6.89. The SMILES string of the molecule is Cc1nc2ccccc2n1CC(=O)N/N=C\c1ccccn1. The van der Waals surface area contributed by atoms with Gasteiger partial charge in [-0.3, -0.25) is 9.78 Å². The number of hydrogen-bond acceptors (Lipinski definition) is 4. The van der Waals surface area contributed by atoms with E-state index < -0.39 is 0 Å². The number of aromatic nitrogens is 3. The minimum atomic E-state index is -0.210. The number of rotatable bonds is 4. The summed E-state index contributed by atoms with van der Waals surface area (Å²) in [7, 11) is 0. The summed E-state index contributed by atoms with van der Waals surface area (Å²) < 4.78 is 1.86. The van der Waals surface area contributed by atoms with E-state index in [-0.39, 0.29) is 12.5 Å². The Hall–Kier alpha value is -3.02. The Morgan fingerprint density at radius 1 is 1.27 bits per heavy atom. The van der Waals surface area contributed by atoms with Crippen LogP contribution in [-0.4, -0.2) is 26.7 Å². The Morgan fingerprint density at radius 3 is 2.91 bits per heavy atom. The van der Waals surface area contributed by atoms with Gasteiger partial charge in [0.15, 0.2) is 0 Å². The predicted molar refractivity (Wildman–Crippen MR) is 84.4 cm³/mol. The van der Waals surface area contributed by atoms with Gasteiger partial charge in [-0.05, 0) is 31.2 Å². The largest absolute Gasteiger partial charge is 0.319 e. The molecule has 3 aromatic rings. The van der Waals surface area contributed by atoms with Crippen LogP contribution < -0.4 is 5.43 Å². The monoisotopic (exact) mass is 293 g/mol. The van der Waals surface area contributed by atoms with E-state index in [1.165, 1.54) is 6.21 Å². The molecule has 2 aromatic heterocycles. The van der Waals surface area contributed by atoms with E-state index in [2.05, 4.69) is 20.5 Å². The number of pyridine rings is 1. The second-order valence-electron chi connectivity index (χ2n) is 4.78. The number of aryl methyl sites for hydroxylation is 1. The number of carbonyl (C=O) groups is 1. The fourth-order valence-electron chi connectivity index (χ4n) is 2.20. The summed E-state index contributed by atoms with van der Waals surface area (Å²) in [6.45, 7) is 2.05. The third kappa shape index (κ3) is 3.01. The number of fused-ring (bicyclic) bond motifs is 1. The molecule has 0 saturated carbocycles. The van der Waals surface area contributed by atoms with Crippen molar-refractivity contribution in [2.24, 2.45) is 5.10 Å². The van der Waals surface area contributed by atoms with Crippen molar-refractivity contribution in [2.45, 2.75) is 13.5 Å². The highest BCUT2D eigenvalue weighted by Crippen LogP contribution is 2.14. The average Bonchev–Trinajstić information content (AvgIpc) is 2.84. The fraction of sp³-hybridized carbons (Fsp3) is 0.125. The van der Waals surface area contributed by atoms with Crippen LogP contribution in [0.4, 0.5) is 0 Å². The Labute approximate surface area is 127 Å². The lowest BCUT2D eigenvalue weighted by Crippen LogP contribution is -2.23. The van der Waals surface area contributed by atoms with Crippen molar-refractivity contribution < 1.29 is 4.79 Å². The van der Waals surface area contributed by atoms with Gasteiger partial charge in [0.05, 0.1) is 22.9 Å². The number of imidazole rings is 1. The Kier molecular flexibility index (Phi) is 3.91. The van der Waals surface area contributed by atoms with Crippen LogP contribution in [0.2, 0.25) is 0 Å². The lowest BCUT2D eigenvalue weighted by molar-refractivity contribution is -0.121. The summed E-state index contributed by atoms with van der Waals surface area (Å²) in [6.07, 6.45) is 3.18. The zero-order valence-electron chi connectivity index (χ0n) is 12.1. The molecule has 1 aromatic carbocycles. The maximum absolute atomic E-state index is 12.0. The number of para-hydroxylation sites is 2. The molecule has 0 aliphatic carbocycles. The molecular formula is C16H15N5O. The van der Waals surface area contributed by atoms with Crippen LogP contribution in [0.15, 0.2) is 53.8 Å². The number of amides is 1. The molecule has 0 saturated heterocycles. The quantitative estimate of drug-likeness (QED) is 0.590. The van der Waals surface area contributed by atoms with Crippen molar-refractivity contribution >= 4 is 23.2 Å². The van der Waals surface area contributed by atoms with Crippen LogP contribution in [0.25, 0.3) is 11.0 Å². The molecule has 0 aliphatic rings. The molecule has 2 heterocycles. The predicted octanol–water partition coefficient (Wildman–Crippen LogP) is 1.89. The van der Waals surface area contributed by atoms with Gasteiger partial charge < -0.3 is 4.57 Å². The van der Waals surface area contributed by atoms with Gasteiger partial charge in [0, 0.05) is 6.20 Å². The zero-order valence-corrected chi connectivity index (χ0v) is 12.1. The molecule has 0 bridgehead atoms. The molecule has 22 heavy (non-hydrogen) atoms. The molecule has 1 N–H and O–H groups in total. The number of nitrogens with zero attached hydrogens (tertiary/aromatic N) is 4. The van der Waals surface area contributed by atoms with Crippen molar-refractivity contribution in [3.8, 4) is 0 Å². The van der Waals surface area contributed by atoms with Crippen LogP contribution in [0.3, 0.4) is 0 Å². The van der Waals surface area contributed by atoms with Crippen LogP contribution >= 0.6 is 0 Å². The molecule has 3 rings (SSSR count). The number of hydrogen-bond donors (Lipinski definition) is 1. The van der Waals surface area contributed by atoms with Gasteiger partial charge in [-0.2, -0.15) is 5.10 Å². The number of nitrogens with one attached hydrogen (secondary N) is 1. The van der Waals surface area contributed by atoms with Gasteiger partial charge in [0.2, 0.25) is 0 Å². The summed E-state index contributed by atoms with van der Waals surface area (Å²) in [5.41, 5.74) is 5.00. The van der Waals surface area contributed by atoms with E-state index in [0.29, 0.717) is 5.69 Å². The molecule has 0 aliphatic heterocycles. The van der Waals surface area contributed by atoms with Gasteiger partial charge >= 0.3 is 0 Å². The second-order valence-corrected chi connectivity index (χ2v) is 4.78. The molecule has 0 spiro atoms. The average molecular weight is 293 g/mol. The maximum Gasteiger partial charge on any atom is 0.260 e. The van der Waals surface area contributed by atoms with Gasteiger partial charge in [0.1, 0.15) is 12.4 Å². The number of carbonyl (C=O) groups excluding carboxylic acids is 1.